The third kappa shape index (κ3) is 27.6. The molecule has 1 atom stereocenters. The van der Waals surface area contributed by atoms with Gasteiger partial charge in [-0.25, -0.2) is 0 Å². The van der Waals surface area contributed by atoms with Crippen LogP contribution in [0.3, 0.4) is 0 Å². The lowest BCUT2D eigenvalue weighted by molar-refractivity contribution is 0.535. The van der Waals surface area contributed by atoms with Crippen molar-refractivity contribution in [1.82, 2.24) is 18.7 Å². The molecule has 4 aromatic heterocycles. The van der Waals surface area contributed by atoms with Crippen LogP contribution in [-0.4, -0.2) is 18.7 Å². The maximum atomic E-state index is 11.5. The van der Waals surface area contributed by atoms with Gasteiger partial charge in [0.05, 0.1) is 0 Å². The van der Waals surface area contributed by atoms with Gasteiger partial charge in [-0.15, -0.1) is 0 Å². The van der Waals surface area contributed by atoms with E-state index in [1.165, 1.54) is 28.7 Å². The highest BCUT2D eigenvalue weighted by molar-refractivity contribution is 5.19. The first kappa shape index (κ1) is 59.5. The molecule has 0 saturated heterocycles. The summed E-state index contributed by atoms with van der Waals surface area (Å²) in [5.41, 5.74) is 7.76. The van der Waals surface area contributed by atoms with Crippen molar-refractivity contribution in [2.45, 2.75) is 128 Å². The summed E-state index contributed by atoms with van der Waals surface area (Å²) in [6.45, 7) is 28.6. The van der Waals surface area contributed by atoms with Gasteiger partial charge in [0.15, 0.2) is 0 Å². The SMILES string of the molecule is CC(C)C(C)c1ccccc1.CC(C)Cc1ccc(=O)n(C)c1.CC(C)Cc1ccccc1.CC(C)Cc1cccn(C)c1=O.CC(C)Cc1cccnc1.CC(C)Cc1ccn(C)c(=O)c1. The zero-order valence-electron chi connectivity index (χ0n) is 44.4. The summed E-state index contributed by atoms with van der Waals surface area (Å²) in [5, 5.41) is 0. The molecule has 366 valence electrons. The van der Waals surface area contributed by atoms with E-state index in [4.69, 9.17) is 0 Å². The highest BCUT2D eigenvalue weighted by Gasteiger charge is 2.08. The van der Waals surface area contributed by atoms with Crippen LogP contribution in [0, 0.1) is 35.5 Å². The van der Waals surface area contributed by atoms with Crippen LogP contribution in [0.25, 0.3) is 0 Å². The normalized spacial score (nSPS) is 11.0. The lowest BCUT2D eigenvalue weighted by atomic mass is 9.91. The number of pyridine rings is 4. The molecule has 7 nitrogen and oxygen atoms in total. The van der Waals surface area contributed by atoms with Gasteiger partial charge in [-0.05, 0) is 120 Å². The number of benzene rings is 2. The van der Waals surface area contributed by atoms with E-state index in [2.05, 4.69) is 162 Å². The predicted octanol–water partition coefficient (Wildman–Crippen LogP) is 13.4. The Morgan fingerprint density at radius 1 is 0.433 bits per heavy atom. The number of aromatic nitrogens is 4. The Morgan fingerprint density at radius 3 is 1.43 bits per heavy atom. The van der Waals surface area contributed by atoms with Gasteiger partial charge in [-0.3, -0.25) is 19.4 Å². The summed E-state index contributed by atoms with van der Waals surface area (Å²) in [4.78, 5) is 37.7. The van der Waals surface area contributed by atoms with Crippen LogP contribution in [0.1, 0.15) is 129 Å². The molecule has 67 heavy (non-hydrogen) atoms. The van der Waals surface area contributed by atoms with Gasteiger partial charge in [0.1, 0.15) is 0 Å². The molecule has 0 bridgehead atoms. The van der Waals surface area contributed by atoms with E-state index in [1.807, 2.05) is 55.1 Å². The Balaban J connectivity index is 0.000000403. The van der Waals surface area contributed by atoms with Crippen LogP contribution < -0.4 is 16.7 Å². The van der Waals surface area contributed by atoms with Crippen LogP contribution in [0.4, 0.5) is 0 Å². The Hall–Kier alpha value is -5.56. The van der Waals surface area contributed by atoms with Gasteiger partial charge in [-0.1, -0.05) is 169 Å². The van der Waals surface area contributed by atoms with Crippen molar-refractivity contribution in [3.8, 4) is 0 Å². The second-order valence-corrected chi connectivity index (χ2v) is 20.2. The fourth-order valence-corrected chi connectivity index (χ4v) is 6.90. The number of hydrogen-bond donors (Lipinski definition) is 0. The number of hydrogen-bond acceptors (Lipinski definition) is 4. The monoisotopic (exact) mass is 913 g/mol. The summed E-state index contributed by atoms with van der Waals surface area (Å²) in [6, 6.07) is 36.4. The van der Waals surface area contributed by atoms with E-state index >= 15 is 0 Å². The second kappa shape index (κ2) is 33.0. The summed E-state index contributed by atoms with van der Waals surface area (Å²) in [5.74, 6) is 4.69. The zero-order valence-corrected chi connectivity index (χ0v) is 44.4. The van der Waals surface area contributed by atoms with Crippen molar-refractivity contribution >= 4 is 0 Å². The van der Waals surface area contributed by atoms with Crippen molar-refractivity contribution in [2.24, 2.45) is 56.7 Å². The molecule has 0 N–H and O–H groups in total. The van der Waals surface area contributed by atoms with Crippen molar-refractivity contribution in [3.63, 3.8) is 0 Å². The van der Waals surface area contributed by atoms with Crippen molar-refractivity contribution in [3.05, 3.63) is 205 Å². The van der Waals surface area contributed by atoms with Crippen LogP contribution in [0.15, 0.2) is 155 Å². The topological polar surface area (TPSA) is 78.9 Å². The van der Waals surface area contributed by atoms with Gasteiger partial charge in [0.2, 0.25) is 5.56 Å². The van der Waals surface area contributed by atoms with Gasteiger partial charge in [0, 0.05) is 69.8 Å². The minimum absolute atomic E-state index is 0.0579. The molecule has 0 aliphatic carbocycles. The number of nitrogens with zero attached hydrogens (tertiary/aromatic N) is 4. The molecular formula is C60H88N4O3. The number of rotatable bonds is 12. The molecule has 7 heteroatoms. The maximum Gasteiger partial charge on any atom is 0.253 e. The highest BCUT2D eigenvalue weighted by Crippen LogP contribution is 2.22. The predicted molar refractivity (Wildman–Crippen MR) is 288 cm³/mol. The molecule has 1 unspecified atom stereocenters. The van der Waals surface area contributed by atoms with E-state index in [9.17, 15) is 14.4 Å². The fraction of sp³-hybridized carbons (Fsp3) is 0.467. The molecule has 2 aromatic carbocycles. The number of aryl methyl sites for hydroxylation is 3. The summed E-state index contributed by atoms with van der Waals surface area (Å²) in [6.07, 6.45) is 14.5. The Kier molecular flexibility index (Phi) is 29.3. The van der Waals surface area contributed by atoms with E-state index in [1.54, 1.807) is 53.2 Å². The minimum atomic E-state index is 0.0579. The van der Waals surface area contributed by atoms with Crippen molar-refractivity contribution in [1.29, 1.82) is 0 Å². The second-order valence-electron chi connectivity index (χ2n) is 20.2. The molecule has 6 rings (SSSR count). The highest BCUT2D eigenvalue weighted by atomic mass is 16.1. The first-order valence-electron chi connectivity index (χ1n) is 24.5. The summed E-state index contributed by atoms with van der Waals surface area (Å²) >= 11 is 0. The Bertz CT molecular complexity index is 2310. The first-order valence-corrected chi connectivity index (χ1v) is 24.5. The molecule has 0 radical (unpaired) electrons. The van der Waals surface area contributed by atoms with E-state index < -0.39 is 0 Å². The molecule has 4 heterocycles. The summed E-state index contributed by atoms with van der Waals surface area (Å²) < 4.78 is 4.83. The molecular weight excluding hydrogens is 825 g/mol. The first-order chi connectivity index (χ1) is 31.6. The lowest BCUT2D eigenvalue weighted by Crippen LogP contribution is -2.20. The minimum Gasteiger partial charge on any atom is -0.319 e. The van der Waals surface area contributed by atoms with E-state index in [0.717, 1.165) is 54.6 Å². The fourth-order valence-electron chi connectivity index (χ4n) is 6.90. The molecule has 0 aliphatic rings. The largest absolute Gasteiger partial charge is 0.319 e. The van der Waals surface area contributed by atoms with Crippen LogP contribution in [0.5, 0.6) is 0 Å². The third-order valence-electron chi connectivity index (χ3n) is 10.6. The van der Waals surface area contributed by atoms with E-state index in [-0.39, 0.29) is 16.7 Å². The average Bonchev–Trinajstić information content (AvgIpc) is 3.26. The standard InChI is InChI=1S/C11H16.3C10H15NO.C10H14.C9H13N/c1-9(2)10(3)11-7-5-4-6-8-11;1-8(2)6-9-4-5-11(3)10(12)7-9;1-8(2)6-9-4-5-10(12)11(3)7-9;1-8(2)7-9-5-4-6-11(3)10(9)12;1-9(2)8-10-6-4-3-5-7-10;1-8(2)6-9-4-3-5-10-7-9/h4-10H,1-3H3;2*4-5,7-8H,6H2,1-3H3;4-6,8H,7H2,1-3H3;3-7,9H,8H2,1-2H3;3-5,7-8H,6H2,1-2H3. The molecule has 6 aromatic rings. The lowest BCUT2D eigenvalue weighted by Gasteiger charge is -2.15. The van der Waals surface area contributed by atoms with E-state index in [0.29, 0.717) is 23.7 Å². The molecule has 0 fully saturated rings. The maximum absolute atomic E-state index is 11.5. The van der Waals surface area contributed by atoms with Gasteiger partial charge in [-0.2, -0.15) is 0 Å². The summed E-state index contributed by atoms with van der Waals surface area (Å²) in [7, 11) is 5.33. The van der Waals surface area contributed by atoms with Crippen molar-refractivity contribution < 1.29 is 0 Å². The third-order valence-corrected chi connectivity index (χ3v) is 10.6. The van der Waals surface area contributed by atoms with Gasteiger partial charge >= 0.3 is 0 Å². The Morgan fingerprint density at radius 2 is 0.940 bits per heavy atom. The van der Waals surface area contributed by atoms with Crippen LogP contribution >= 0.6 is 0 Å². The molecule has 0 aliphatic heterocycles. The molecule has 0 amide bonds. The molecule has 0 spiro atoms. The smallest absolute Gasteiger partial charge is 0.253 e. The van der Waals surface area contributed by atoms with Gasteiger partial charge < -0.3 is 13.7 Å². The Labute approximate surface area is 406 Å². The quantitative estimate of drug-likeness (QED) is 0.123. The van der Waals surface area contributed by atoms with Gasteiger partial charge in [0.25, 0.3) is 11.1 Å². The van der Waals surface area contributed by atoms with Crippen LogP contribution in [-0.2, 0) is 53.2 Å². The average molecular weight is 913 g/mol. The molecule has 0 saturated carbocycles. The van der Waals surface area contributed by atoms with Crippen molar-refractivity contribution in [2.75, 3.05) is 0 Å². The van der Waals surface area contributed by atoms with Crippen LogP contribution in [0.2, 0.25) is 0 Å². The zero-order chi connectivity index (χ0) is 50.5.